The summed E-state index contributed by atoms with van der Waals surface area (Å²) < 4.78 is 16.3. The third-order valence-corrected chi connectivity index (χ3v) is 6.01. The lowest BCUT2D eigenvalue weighted by molar-refractivity contribution is 0.108. The van der Waals surface area contributed by atoms with Crippen molar-refractivity contribution >= 4 is 8.80 Å². The molecule has 0 radical (unpaired) electrons. The van der Waals surface area contributed by atoms with Crippen LogP contribution in [0.1, 0.15) is 26.2 Å². The molecule has 0 fully saturated rings. The van der Waals surface area contributed by atoms with Gasteiger partial charge in [0.15, 0.2) is 0 Å². The van der Waals surface area contributed by atoms with Crippen LogP contribution in [-0.2, 0) is 13.3 Å². The van der Waals surface area contributed by atoms with Crippen molar-refractivity contribution in [1.29, 1.82) is 0 Å². The van der Waals surface area contributed by atoms with E-state index in [0.717, 1.165) is 19.3 Å². The molecule has 4 nitrogen and oxygen atoms in total. The zero-order valence-corrected chi connectivity index (χ0v) is 10.7. The van der Waals surface area contributed by atoms with Gasteiger partial charge in [0.2, 0.25) is 0 Å². The lowest BCUT2D eigenvalue weighted by Crippen LogP contribution is -2.47. The summed E-state index contributed by atoms with van der Waals surface area (Å²) in [6, 6.07) is 0. The molecule has 0 aliphatic heterocycles. The summed E-state index contributed by atoms with van der Waals surface area (Å²) in [6.45, 7) is 2.83. The number of hydrogen-bond acceptors (Lipinski definition) is 4. The highest BCUT2D eigenvalue weighted by Crippen LogP contribution is 2.31. The molecule has 1 unspecified atom stereocenters. The molecule has 0 aromatic rings. The van der Waals surface area contributed by atoms with Crippen LogP contribution in [0, 0.1) is 0 Å². The molecule has 14 heavy (non-hydrogen) atoms. The Morgan fingerprint density at radius 2 is 1.64 bits per heavy atom. The van der Waals surface area contributed by atoms with Gasteiger partial charge in [-0.25, -0.2) is 0 Å². The fourth-order valence-electron chi connectivity index (χ4n) is 1.75. The largest absolute Gasteiger partial charge is 0.503 e. The molecular formula is C9H23NO3Si. The van der Waals surface area contributed by atoms with Crippen LogP contribution < -0.4 is 5.73 Å². The summed E-state index contributed by atoms with van der Waals surface area (Å²) in [5.41, 5.74) is 5.84. The number of nitrogens with two attached hydrogens (primary N) is 1. The summed E-state index contributed by atoms with van der Waals surface area (Å²) in [7, 11) is 2.53. The predicted octanol–water partition coefficient (Wildman–Crippen LogP) is 1.38. The first-order chi connectivity index (χ1) is 6.70. The first-order valence-corrected chi connectivity index (χ1v) is 6.86. The summed E-state index contributed by atoms with van der Waals surface area (Å²) in [6.07, 6.45) is 3.00. The molecular weight excluding hydrogens is 198 g/mol. The minimum atomic E-state index is -2.44. The van der Waals surface area contributed by atoms with Crippen molar-refractivity contribution in [3.63, 3.8) is 0 Å². The van der Waals surface area contributed by atoms with Crippen molar-refractivity contribution in [2.24, 2.45) is 5.73 Å². The van der Waals surface area contributed by atoms with Gasteiger partial charge in [-0.3, -0.25) is 0 Å². The van der Waals surface area contributed by atoms with Gasteiger partial charge in [-0.15, -0.1) is 0 Å². The maximum absolute atomic E-state index is 5.49. The topological polar surface area (TPSA) is 53.7 Å². The molecule has 0 saturated heterocycles. The fraction of sp³-hybridized carbons (Fsp3) is 1.00. The van der Waals surface area contributed by atoms with Gasteiger partial charge in [0.1, 0.15) is 0 Å². The Bertz CT molecular complexity index is 134. The van der Waals surface area contributed by atoms with Gasteiger partial charge in [-0.05, 0) is 25.8 Å². The van der Waals surface area contributed by atoms with Crippen LogP contribution in [0.3, 0.4) is 0 Å². The van der Waals surface area contributed by atoms with Crippen LogP contribution in [0.25, 0.3) is 0 Å². The molecule has 1 atom stereocenters. The van der Waals surface area contributed by atoms with Crippen LogP contribution in [0.2, 0.25) is 5.54 Å². The molecule has 0 aliphatic carbocycles. The van der Waals surface area contributed by atoms with Crippen LogP contribution in [0.15, 0.2) is 0 Å². The van der Waals surface area contributed by atoms with Crippen LogP contribution in [-0.4, -0.2) is 36.7 Å². The van der Waals surface area contributed by atoms with Crippen molar-refractivity contribution < 1.29 is 13.3 Å². The van der Waals surface area contributed by atoms with Gasteiger partial charge in [0.25, 0.3) is 0 Å². The third-order valence-electron chi connectivity index (χ3n) is 2.60. The van der Waals surface area contributed by atoms with Crippen LogP contribution >= 0.6 is 0 Å². The van der Waals surface area contributed by atoms with Crippen molar-refractivity contribution in [2.45, 2.75) is 31.7 Å². The molecule has 0 saturated carbocycles. The summed E-state index contributed by atoms with van der Waals surface area (Å²) >= 11 is 0. The Balaban J connectivity index is 4.40. The van der Waals surface area contributed by atoms with Gasteiger partial charge >= 0.3 is 8.80 Å². The molecule has 5 heteroatoms. The molecule has 0 aliphatic rings. The number of hydrogen-bond donors (Lipinski definition) is 1. The van der Waals surface area contributed by atoms with E-state index in [9.17, 15) is 0 Å². The maximum Gasteiger partial charge on any atom is 0.503 e. The van der Waals surface area contributed by atoms with Crippen molar-refractivity contribution in [3.8, 4) is 0 Å². The quantitative estimate of drug-likeness (QED) is 0.629. The first kappa shape index (κ1) is 14.1. The lowest BCUT2D eigenvalue weighted by atomic mass is 10.2. The third kappa shape index (κ3) is 3.32. The van der Waals surface area contributed by atoms with Crippen LogP contribution in [0.5, 0.6) is 0 Å². The summed E-state index contributed by atoms with van der Waals surface area (Å²) in [5, 5.41) is 0. The minimum absolute atomic E-state index is 0.353. The zero-order valence-electron chi connectivity index (χ0n) is 9.71. The molecule has 0 aromatic heterocycles. The second-order valence-corrected chi connectivity index (χ2v) is 6.50. The molecule has 0 heterocycles. The Hall–Kier alpha value is 0.0569. The summed E-state index contributed by atoms with van der Waals surface area (Å²) in [5.74, 6) is 0. The molecule has 86 valence electrons. The standard InChI is InChI=1S/C9H23NO3Si/c1-5-9(7-6-8-10)14(11-2,12-3)13-4/h9H,5-8,10H2,1-4H3. The van der Waals surface area contributed by atoms with Gasteiger partial charge in [0, 0.05) is 26.9 Å². The average molecular weight is 221 g/mol. The smallest absolute Gasteiger partial charge is 0.377 e. The number of rotatable bonds is 8. The van der Waals surface area contributed by atoms with Gasteiger partial charge in [0.05, 0.1) is 0 Å². The van der Waals surface area contributed by atoms with Crippen molar-refractivity contribution in [3.05, 3.63) is 0 Å². The van der Waals surface area contributed by atoms with E-state index in [-0.39, 0.29) is 0 Å². The fourth-order valence-corrected chi connectivity index (χ4v) is 4.30. The SMILES string of the molecule is CCC(CCCN)[Si](OC)(OC)OC. The van der Waals surface area contributed by atoms with E-state index < -0.39 is 8.80 Å². The van der Waals surface area contributed by atoms with Crippen molar-refractivity contribution in [1.82, 2.24) is 0 Å². The Morgan fingerprint density at radius 1 is 1.14 bits per heavy atom. The van der Waals surface area contributed by atoms with E-state index in [0.29, 0.717) is 12.1 Å². The van der Waals surface area contributed by atoms with Gasteiger partial charge < -0.3 is 19.0 Å². The molecule has 2 N–H and O–H groups in total. The maximum atomic E-state index is 5.49. The van der Waals surface area contributed by atoms with Crippen molar-refractivity contribution in [2.75, 3.05) is 27.9 Å². The van der Waals surface area contributed by atoms with E-state index in [1.165, 1.54) is 0 Å². The summed E-state index contributed by atoms with van der Waals surface area (Å²) in [4.78, 5) is 0. The molecule has 0 spiro atoms. The first-order valence-electron chi connectivity index (χ1n) is 5.06. The van der Waals surface area contributed by atoms with Crippen LogP contribution in [0.4, 0.5) is 0 Å². The van der Waals surface area contributed by atoms with Gasteiger partial charge in [-0.1, -0.05) is 6.92 Å². The second-order valence-electron chi connectivity index (χ2n) is 3.25. The molecule has 0 rings (SSSR count). The van der Waals surface area contributed by atoms with E-state index >= 15 is 0 Å². The monoisotopic (exact) mass is 221 g/mol. The highest BCUT2D eigenvalue weighted by atomic mass is 28.4. The van der Waals surface area contributed by atoms with E-state index in [4.69, 9.17) is 19.0 Å². The Labute approximate surface area is 88.1 Å². The molecule has 0 aromatic carbocycles. The highest BCUT2D eigenvalue weighted by Gasteiger charge is 2.45. The molecule has 0 amide bonds. The normalized spacial score (nSPS) is 14.4. The molecule has 0 bridgehead atoms. The Morgan fingerprint density at radius 3 is 1.93 bits per heavy atom. The second kappa shape index (κ2) is 7.36. The zero-order chi connectivity index (χ0) is 11.0. The van der Waals surface area contributed by atoms with E-state index in [1.54, 1.807) is 21.3 Å². The highest BCUT2D eigenvalue weighted by molar-refractivity contribution is 6.62. The Kier molecular flexibility index (Phi) is 7.39. The predicted molar refractivity (Wildman–Crippen MR) is 59.1 cm³/mol. The van der Waals surface area contributed by atoms with E-state index in [1.807, 2.05) is 0 Å². The van der Waals surface area contributed by atoms with E-state index in [2.05, 4.69) is 6.92 Å². The van der Waals surface area contributed by atoms with Gasteiger partial charge in [-0.2, -0.15) is 0 Å². The average Bonchev–Trinajstić information content (AvgIpc) is 2.25. The minimum Gasteiger partial charge on any atom is -0.377 e. The lowest BCUT2D eigenvalue weighted by Gasteiger charge is -2.31.